The van der Waals surface area contributed by atoms with Gasteiger partial charge >= 0.3 is 0 Å². The molecule has 6 heteroatoms. The summed E-state index contributed by atoms with van der Waals surface area (Å²) in [7, 11) is 0. The second kappa shape index (κ2) is 8.78. The first-order valence-electron chi connectivity index (χ1n) is 8.94. The molecule has 0 fully saturated rings. The molecule has 0 aliphatic rings. The zero-order chi connectivity index (χ0) is 19.9. The molecular weight excluding hydrogens is 480 g/mol. The number of fused-ring (bicyclic) bond motifs is 2. The Morgan fingerprint density at radius 3 is 2.04 bits per heavy atom. The minimum atomic E-state index is 0. The molecule has 0 atom stereocenters. The molecule has 0 unspecified atom stereocenters. The maximum Gasteiger partial charge on any atom is 0.106 e. The van der Waals surface area contributed by atoms with Crippen LogP contribution in [0.2, 0.25) is 0 Å². The molecule has 28 heavy (non-hydrogen) atoms. The predicted molar refractivity (Wildman–Crippen MR) is 127 cm³/mol. The Morgan fingerprint density at radius 2 is 1.43 bits per heavy atom. The van der Waals surface area contributed by atoms with Gasteiger partial charge in [-0.1, -0.05) is 39.3 Å². The SMILES string of the molecule is C.Cc1cc(Br)cc2c1nc(C)n2C(C)C.Cc1nc2c(C)cc(Br)cc2[nH]1. The fourth-order valence-corrected chi connectivity index (χ4v) is 4.59. The molecule has 0 aliphatic heterocycles. The Balaban J connectivity index is 0.000000198. The molecule has 150 valence electrons. The van der Waals surface area contributed by atoms with Crippen LogP contribution in [0.5, 0.6) is 0 Å². The fraction of sp³-hybridized carbons (Fsp3) is 0.364. The summed E-state index contributed by atoms with van der Waals surface area (Å²) in [6.07, 6.45) is 0. The second-order valence-electron chi connectivity index (χ2n) is 7.15. The Morgan fingerprint density at radius 1 is 0.857 bits per heavy atom. The number of hydrogen-bond donors (Lipinski definition) is 1. The first kappa shape index (κ1) is 22.6. The molecule has 2 heterocycles. The van der Waals surface area contributed by atoms with Crippen LogP contribution in [-0.2, 0) is 0 Å². The Hall–Kier alpha value is -1.66. The summed E-state index contributed by atoms with van der Waals surface area (Å²) in [6.45, 7) is 12.6. The van der Waals surface area contributed by atoms with Gasteiger partial charge in [0.15, 0.2) is 0 Å². The van der Waals surface area contributed by atoms with Crippen molar-refractivity contribution in [1.29, 1.82) is 0 Å². The Kier molecular flexibility index (Phi) is 7.10. The van der Waals surface area contributed by atoms with Gasteiger partial charge in [0.25, 0.3) is 0 Å². The number of H-pyrrole nitrogens is 1. The van der Waals surface area contributed by atoms with E-state index in [1.54, 1.807) is 0 Å². The van der Waals surface area contributed by atoms with Crippen molar-refractivity contribution in [3.63, 3.8) is 0 Å². The number of nitrogens with zero attached hydrogens (tertiary/aromatic N) is 3. The van der Waals surface area contributed by atoms with Crippen molar-refractivity contribution < 1.29 is 0 Å². The van der Waals surface area contributed by atoms with Crippen LogP contribution in [0.15, 0.2) is 33.2 Å². The fourth-order valence-electron chi connectivity index (χ4n) is 3.46. The van der Waals surface area contributed by atoms with Crippen LogP contribution >= 0.6 is 31.9 Å². The summed E-state index contributed by atoms with van der Waals surface area (Å²) in [5.41, 5.74) is 6.92. The van der Waals surface area contributed by atoms with Crippen LogP contribution in [0.1, 0.15) is 50.1 Å². The lowest BCUT2D eigenvalue weighted by Crippen LogP contribution is -2.02. The van der Waals surface area contributed by atoms with E-state index < -0.39 is 0 Å². The number of halogens is 2. The van der Waals surface area contributed by atoms with Crippen molar-refractivity contribution in [2.45, 2.75) is 55.0 Å². The van der Waals surface area contributed by atoms with Gasteiger partial charge in [0, 0.05) is 15.0 Å². The Bertz CT molecular complexity index is 1120. The molecule has 0 bridgehead atoms. The standard InChI is InChI=1S/C12H15BrN2.C9H9BrN2.CH4/c1-7(2)15-9(4)14-12-8(3)5-10(13)6-11(12)15;1-5-3-7(10)4-8-9(5)12-6(2)11-8;/h5-7H,1-4H3;3-4H,1-2H3,(H,11,12);1H4. The van der Waals surface area contributed by atoms with E-state index in [4.69, 9.17) is 0 Å². The largest absolute Gasteiger partial charge is 0.342 e. The van der Waals surface area contributed by atoms with Crippen molar-refractivity contribution >= 4 is 53.9 Å². The summed E-state index contributed by atoms with van der Waals surface area (Å²) < 4.78 is 4.48. The van der Waals surface area contributed by atoms with E-state index in [-0.39, 0.29) is 7.43 Å². The number of aromatic nitrogens is 4. The molecule has 0 saturated carbocycles. The monoisotopic (exact) mass is 506 g/mol. The summed E-state index contributed by atoms with van der Waals surface area (Å²) >= 11 is 6.98. The number of benzene rings is 2. The topological polar surface area (TPSA) is 46.5 Å². The van der Waals surface area contributed by atoms with Crippen molar-refractivity contribution in [3.05, 3.63) is 56.0 Å². The number of imidazole rings is 2. The highest BCUT2D eigenvalue weighted by Gasteiger charge is 2.12. The van der Waals surface area contributed by atoms with Crippen LogP contribution in [-0.4, -0.2) is 19.5 Å². The summed E-state index contributed by atoms with van der Waals surface area (Å²) in [5, 5.41) is 0. The lowest BCUT2D eigenvalue weighted by atomic mass is 10.2. The lowest BCUT2D eigenvalue weighted by Gasteiger charge is -2.10. The third-order valence-electron chi connectivity index (χ3n) is 4.50. The maximum absolute atomic E-state index is 4.62. The molecular formula is C22H28Br2N4. The predicted octanol–water partition coefficient (Wildman–Crippen LogP) is 7.57. The van der Waals surface area contributed by atoms with Gasteiger partial charge in [-0.15, -0.1) is 0 Å². The van der Waals surface area contributed by atoms with E-state index in [2.05, 4.69) is 104 Å². The van der Waals surface area contributed by atoms with E-state index in [0.717, 1.165) is 37.1 Å². The highest BCUT2D eigenvalue weighted by Crippen LogP contribution is 2.27. The zero-order valence-electron chi connectivity index (χ0n) is 16.5. The number of hydrogen-bond acceptors (Lipinski definition) is 2. The van der Waals surface area contributed by atoms with Gasteiger partial charge in [-0.2, -0.15) is 0 Å². The van der Waals surface area contributed by atoms with Crippen molar-refractivity contribution in [3.8, 4) is 0 Å². The molecule has 1 N–H and O–H groups in total. The molecule has 4 rings (SSSR count). The Labute approximate surface area is 184 Å². The van der Waals surface area contributed by atoms with E-state index >= 15 is 0 Å². The second-order valence-corrected chi connectivity index (χ2v) is 8.99. The van der Waals surface area contributed by atoms with Gasteiger partial charge in [-0.25, -0.2) is 9.97 Å². The lowest BCUT2D eigenvalue weighted by molar-refractivity contribution is 0.600. The van der Waals surface area contributed by atoms with Crippen LogP contribution < -0.4 is 0 Å². The first-order valence-corrected chi connectivity index (χ1v) is 10.5. The average molecular weight is 508 g/mol. The molecule has 2 aromatic heterocycles. The molecule has 4 aromatic rings. The van der Waals surface area contributed by atoms with Crippen molar-refractivity contribution in [2.24, 2.45) is 0 Å². The van der Waals surface area contributed by atoms with Gasteiger partial charge in [-0.3, -0.25) is 0 Å². The van der Waals surface area contributed by atoms with Crippen molar-refractivity contribution in [1.82, 2.24) is 19.5 Å². The van der Waals surface area contributed by atoms with Gasteiger partial charge < -0.3 is 9.55 Å². The number of rotatable bonds is 1. The van der Waals surface area contributed by atoms with E-state index in [9.17, 15) is 0 Å². The van der Waals surface area contributed by atoms with Crippen LogP contribution in [0.4, 0.5) is 0 Å². The quantitative estimate of drug-likeness (QED) is 0.288. The number of aryl methyl sites for hydroxylation is 4. The smallest absolute Gasteiger partial charge is 0.106 e. The van der Waals surface area contributed by atoms with Gasteiger partial charge in [-0.05, 0) is 76.9 Å². The third kappa shape index (κ3) is 4.49. The molecule has 4 nitrogen and oxygen atoms in total. The minimum absolute atomic E-state index is 0. The molecule has 0 radical (unpaired) electrons. The van der Waals surface area contributed by atoms with Gasteiger partial charge in [0.1, 0.15) is 11.6 Å². The van der Waals surface area contributed by atoms with Crippen LogP contribution in [0.25, 0.3) is 22.1 Å². The highest BCUT2D eigenvalue weighted by molar-refractivity contribution is 9.10. The van der Waals surface area contributed by atoms with Gasteiger partial charge in [0.2, 0.25) is 0 Å². The zero-order valence-corrected chi connectivity index (χ0v) is 19.7. The summed E-state index contributed by atoms with van der Waals surface area (Å²) in [5.74, 6) is 2.05. The minimum Gasteiger partial charge on any atom is -0.342 e. The highest BCUT2D eigenvalue weighted by atomic mass is 79.9. The van der Waals surface area contributed by atoms with E-state index in [1.807, 2.05) is 13.0 Å². The molecule has 0 aliphatic carbocycles. The first-order chi connectivity index (χ1) is 12.7. The summed E-state index contributed by atoms with van der Waals surface area (Å²) in [6, 6.07) is 8.82. The maximum atomic E-state index is 4.62. The van der Waals surface area contributed by atoms with E-state index in [1.165, 1.54) is 16.6 Å². The van der Waals surface area contributed by atoms with Crippen LogP contribution in [0, 0.1) is 27.7 Å². The number of nitrogens with one attached hydrogen (secondary N) is 1. The summed E-state index contributed by atoms with van der Waals surface area (Å²) in [4.78, 5) is 12.2. The average Bonchev–Trinajstić information content (AvgIpc) is 3.07. The third-order valence-corrected chi connectivity index (χ3v) is 5.42. The van der Waals surface area contributed by atoms with Crippen LogP contribution in [0.3, 0.4) is 0 Å². The molecule has 2 aromatic carbocycles. The normalized spacial score (nSPS) is 10.9. The molecule has 0 amide bonds. The van der Waals surface area contributed by atoms with E-state index in [0.29, 0.717) is 6.04 Å². The molecule has 0 spiro atoms. The van der Waals surface area contributed by atoms with Gasteiger partial charge in [0.05, 0.1) is 22.1 Å². The number of aromatic amines is 1. The molecule has 0 saturated heterocycles. The van der Waals surface area contributed by atoms with Crippen molar-refractivity contribution in [2.75, 3.05) is 0 Å².